The van der Waals surface area contributed by atoms with Crippen LogP contribution in [-0.2, 0) is 142 Å². The normalized spacial score (nSPS) is 15.6. The average Bonchev–Trinajstić information content (AvgIpc) is 1.69. The second-order valence-electron chi connectivity index (χ2n) is 34.0. The molecule has 821 valence electrons. The molecule has 0 bridgehead atoms. The molecule has 10 heterocycles. The van der Waals surface area contributed by atoms with E-state index in [1.54, 1.807) is 99.8 Å². The van der Waals surface area contributed by atoms with Gasteiger partial charge in [-0.25, -0.2) is 26.3 Å². The van der Waals surface area contributed by atoms with Crippen LogP contribution in [0.25, 0.3) is 0 Å². The zero-order valence-corrected chi connectivity index (χ0v) is 99.3. The maximum absolute atomic E-state index is 12.9. The SMILES string of the molecule is C.C.C.C1CCOC1.CC(C)(C)S(=O)N=C(c1cccc(Cl)c1)c1csc(C2OCCO2)c1.CC(C)(C)S(N)=O.CC(NS(=O)C(C)(C)C)(c1cccc(Cl)c1)c1csc(C2OCCO2)c1.CC(NS(=O)C(C)(C)C)(c1cccc(Cl)c1)c1csc(C=O)c1.CCO.CCO.CCO.CCO.O=C(c1cccc(Cl)c1)c1csc(C2OCCO2)c1.OC(c1cccc(Cl)c1)c1csc(C2OCCO2)c1.[2H]CC.[CH3-].[Li+].[O]=[Mn]=[O].[Ti]. The summed E-state index contributed by atoms with van der Waals surface area (Å²) < 4.78 is 130. The van der Waals surface area contributed by atoms with E-state index in [9.17, 15) is 31.5 Å². The van der Waals surface area contributed by atoms with Crippen LogP contribution < -0.4 is 33.4 Å². The van der Waals surface area contributed by atoms with Gasteiger partial charge in [0, 0.05) is 121 Å². The number of halogens is 5. The van der Waals surface area contributed by atoms with Crippen molar-refractivity contribution in [3.63, 3.8) is 0 Å². The number of carbonyl (C=O) groups is 2. The summed E-state index contributed by atoms with van der Waals surface area (Å²) >= 11 is 36.4. The molecular weight excluding hydrogens is 2230 g/mol. The Morgan fingerprint density at radius 1 is 0.456 bits per heavy atom. The maximum Gasteiger partial charge on any atom is 0 e. The molecule has 5 fully saturated rings. The number of carbonyl (C=O) groups excluding carboxylic acids is 2. The molecule has 10 aromatic rings. The topological polar surface area (TPSA) is 383 Å². The Kier molecular flexibility index (Phi) is 78.8. The van der Waals surface area contributed by atoms with Crippen LogP contribution in [0.1, 0.15) is 296 Å². The minimum atomic E-state index is -1.44. The van der Waals surface area contributed by atoms with Crippen molar-refractivity contribution >= 4 is 176 Å². The van der Waals surface area contributed by atoms with Gasteiger partial charge in [0.05, 0.1) is 146 Å². The molecule has 5 aromatic carbocycles. The first kappa shape index (κ1) is 148. The van der Waals surface area contributed by atoms with Crippen LogP contribution >= 0.6 is 115 Å². The summed E-state index contributed by atoms with van der Waals surface area (Å²) in [6.07, 6.45) is 1.45. The zero-order valence-electron chi connectivity index (χ0n) is 86.4. The Labute approximate surface area is 963 Å². The number of rotatable bonds is 20. The fourth-order valence-electron chi connectivity index (χ4n) is 11.5. The molecule has 0 saturated carbocycles. The Morgan fingerprint density at radius 2 is 0.769 bits per heavy atom. The van der Waals surface area contributed by atoms with Crippen molar-refractivity contribution in [3.05, 3.63) is 291 Å². The van der Waals surface area contributed by atoms with Gasteiger partial charge in [-0.3, -0.25) is 14.7 Å². The van der Waals surface area contributed by atoms with Crippen LogP contribution in [0.4, 0.5) is 0 Å². The number of hydrogen-bond acceptors (Lipinski definition) is 27. The summed E-state index contributed by atoms with van der Waals surface area (Å²) in [4.78, 5) is 27.8. The molecule has 0 spiro atoms. The van der Waals surface area contributed by atoms with Crippen molar-refractivity contribution in [3.8, 4) is 0 Å². The number of nitrogens with one attached hydrogen (secondary N) is 2. The smallest absolute Gasteiger partial charge is 0 e. The van der Waals surface area contributed by atoms with Crippen molar-refractivity contribution in [2.45, 2.75) is 235 Å². The quantitative estimate of drug-likeness (QED) is 0.0115. The number of hydrogen-bond donors (Lipinski definition) is 8. The van der Waals surface area contributed by atoms with E-state index in [4.69, 9.17) is 135 Å². The molecule has 26 nitrogen and oxygen atoms in total. The van der Waals surface area contributed by atoms with Crippen molar-refractivity contribution < 1.29 is 159 Å². The van der Waals surface area contributed by atoms with Gasteiger partial charge < -0.3 is 75.6 Å². The Bertz CT molecular complexity index is 5480. The van der Waals surface area contributed by atoms with Crippen molar-refractivity contribution in [1.82, 2.24) is 9.44 Å². The number of thiophene rings is 5. The van der Waals surface area contributed by atoms with E-state index in [1.807, 2.05) is 222 Å². The molecule has 0 aliphatic carbocycles. The van der Waals surface area contributed by atoms with E-state index in [-0.39, 0.29) is 132 Å². The predicted octanol–water partition coefficient (Wildman–Crippen LogP) is 22.6. The molecular formula is C104H152Cl5LiMnN4O22S9Ti. The van der Waals surface area contributed by atoms with Gasteiger partial charge >= 0.3 is 41.4 Å². The van der Waals surface area contributed by atoms with E-state index in [2.05, 4.69) is 25.3 Å². The summed E-state index contributed by atoms with van der Waals surface area (Å²) in [7, 11) is -5.11. The first-order valence-electron chi connectivity index (χ1n) is 45.4. The van der Waals surface area contributed by atoms with Crippen molar-refractivity contribution in [2.75, 3.05) is 92.5 Å². The van der Waals surface area contributed by atoms with Crippen LogP contribution in [0.3, 0.4) is 0 Å². The number of nitrogens with two attached hydrogens (primary N) is 1. The van der Waals surface area contributed by atoms with Crippen LogP contribution in [0.2, 0.25) is 25.1 Å². The van der Waals surface area contributed by atoms with E-state index in [0.717, 1.165) is 83.5 Å². The van der Waals surface area contributed by atoms with Crippen LogP contribution in [0.15, 0.2) is 183 Å². The molecule has 0 radical (unpaired) electrons. The fraction of sp³-hybridized carbons (Fsp3) is 0.481. The van der Waals surface area contributed by atoms with E-state index in [0.29, 0.717) is 107 Å². The molecule has 147 heavy (non-hydrogen) atoms. The second kappa shape index (κ2) is 78.5. The minimum absolute atomic E-state index is 0. The predicted molar refractivity (Wildman–Crippen MR) is 601 cm³/mol. The van der Waals surface area contributed by atoms with Gasteiger partial charge in [0.1, 0.15) is 17.1 Å². The second-order valence-corrected chi connectivity index (χ2v) is 48.8. The Hall–Kier alpha value is -3.59. The number of aldehydes is 1. The van der Waals surface area contributed by atoms with Gasteiger partial charge in [0.25, 0.3) is 0 Å². The van der Waals surface area contributed by atoms with Crippen molar-refractivity contribution in [1.29, 1.82) is 0 Å². The summed E-state index contributed by atoms with van der Waals surface area (Å²) in [6.45, 7) is 43.7. The summed E-state index contributed by atoms with van der Waals surface area (Å²) in [5, 5.41) is 58.4. The number of ether oxygens (including phenoxy) is 9. The first-order valence-corrected chi connectivity index (χ1v) is 56.6. The van der Waals surface area contributed by atoms with E-state index >= 15 is 0 Å². The third-order valence-electron chi connectivity index (χ3n) is 18.6. The van der Waals surface area contributed by atoms with E-state index in [1.165, 1.54) is 46.9 Å². The number of nitrogens with zero attached hydrogens (tertiary/aromatic N) is 1. The van der Waals surface area contributed by atoms with Crippen LogP contribution in [-0.4, -0.2) is 172 Å². The molecule has 5 saturated heterocycles. The average molecular weight is 2390 g/mol. The Morgan fingerprint density at radius 3 is 1.11 bits per heavy atom. The monoisotopic (exact) mass is 2380 g/mol. The zero-order chi connectivity index (χ0) is 107. The van der Waals surface area contributed by atoms with Crippen LogP contribution in [0.5, 0.6) is 0 Å². The summed E-state index contributed by atoms with van der Waals surface area (Å²) in [5.74, 6) is -0.0389. The molecule has 7 atom stereocenters. The molecule has 0 amide bonds. The van der Waals surface area contributed by atoms with Crippen LogP contribution in [0, 0.1) is 7.43 Å². The number of aliphatic hydroxyl groups excluding tert-OH is 5. The number of ketones is 1. The third kappa shape index (κ3) is 53.8. The van der Waals surface area contributed by atoms with Gasteiger partial charge in [-0.15, -0.1) is 56.7 Å². The molecule has 7 unspecified atom stereocenters. The Balaban J connectivity index is -0.000000811. The molecule has 5 aliphatic heterocycles. The van der Waals surface area contributed by atoms with E-state index < -0.39 is 90.2 Å². The summed E-state index contributed by atoms with van der Waals surface area (Å²) in [6, 6.07) is 46.4. The molecule has 15 rings (SSSR count). The van der Waals surface area contributed by atoms with Gasteiger partial charge in [0.2, 0.25) is 0 Å². The molecule has 9 N–H and O–H groups in total. The number of benzene rings is 5. The van der Waals surface area contributed by atoms with Crippen molar-refractivity contribution in [2.24, 2.45) is 9.54 Å². The fourth-order valence-corrected chi connectivity index (χ4v) is 19.4. The molecule has 5 aromatic heterocycles. The minimum Gasteiger partial charge on any atom is 0 e. The first-order chi connectivity index (χ1) is 67.1. The van der Waals surface area contributed by atoms with Gasteiger partial charge in [-0.2, -0.15) is 4.40 Å². The molecule has 43 heteroatoms. The van der Waals surface area contributed by atoms with Gasteiger partial charge in [-0.05, 0) is 278 Å². The van der Waals surface area contributed by atoms with Gasteiger partial charge in [0.15, 0.2) is 37.2 Å². The summed E-state index contributed by atoms with van der Waals surface area (Å²) in [5.41, 5.74) is 7.63. The number of aliphatic hydroxyl groups is 5. The largest absolute Gasteiger partial charge is 0 e. The standard InChI is InChI=1S/C19H24ClNO3S2.C18H20ClNO3S2.C17H20ClNO2S2.C14H13ClO3S.C14H11ClO3S.C4H11NOS.C4H8O.4C2H6O.C2H6.3CH4.CH3.Li.Mn.2O.Ti/c1-18(2,3)26(22)21-19(4,13-6-5-7-15(20)10-13)14-11-16(25-12-14)17-23-8-9-24-17;1-18(2,3)25(21)20-16(12-5-4-6-14(19)9-12)13-10-15(24-11-13)17-22-7-8-23-17;1-16(2,3)23(21)19-17(4,12-6-5-7-14(18)8-12)13-9-15(10-20)22-11-13;2*15-11-3-1-2-9(6-11)13(16)10-7-12(19-8-10)14-17-4-5-18-14;1-4(2,3)7(5)6;1-2-4-5-3-1;4*1-2-3;1-2;;;;;;;;;/h5-7,10-12,17,21H,8-9H2,1-4H3;4-6,9-11,17H,7-8H2,1-3H3;5-11,19H,1-4H3;1-3,6-8,13-14,16H,4-5H2;1-3,6-8,14H,4-5H2;5H2,1-3H3;1-4H2;4*3H,2H2,1H3;1-2H3;3*1H4;1H3;;;;;/q;;;;;;;;;;;;;;;-1;+1;;;;/i;;;;;;;;;;;1D;;;;;;;;;. The molecule has 5 aliphatic rings. The van der Waals surface area contributed by atoms with Gasteiger partial charge in [-0.1, -0.05) is 155 Å². The maximum atomic E-state index is 12.9. The third-order valence-corrected chi connectivity index (χ3v) is 30.5.